The van der Waals surface area contributed by atoms with E-state index in [1.54, 1.807) is 4.90 Å². The molecular weight excluding hydrogens is 270 g/mol. The van der Waals surface area contributed by atoms with Crippen molar-refractivity contribution in [3.05, 3.63) is 57.4 Å². The van der Waals surface area contributed by atoms with Crippen molar-refractivity contribution in [2.45, 2.75) is 13.0 Å². The molecule has 108 valence electrons. The Morgan fingerprint density at radius 2 is 2.14 bits per heavy atom. The van der Waals surface area contributed by atoms with Gasteiger partial charge < -0.3 is 15.7 Å². The Kier molecular flexibility index (Phi) is 3.13. The van der Waals surface area contributed by atoms with E-state index >= 15 is 0 Å². The zero-order chi connectivity index (χ0) is 15.0. The van der Waals surface area contributed by atoms with Crippen LogP contribution in [0.1, 0.15) is 21.5 Å². The zero-order valence-corrected chi connectivity index (χ0v) is 11.3. The maximum atomic E-state index is 12.4. The van der Waals surface area contributed by atoms with E-state index in [0.29, 0.717) is 18.8 Å². The predicted molar refractivity (Wildman–Crippen MR) is 78.0 cm³/mol. The molecule has 0 bridgehead atoms. The van der Waals surface area contributed by atoms with Gasteiger partial charge in [0.1, 0.15) is 0 Å². The van der Waals surface area contributed by atoms with Crippen molar-refractivity contribution in [2.75, 3.05) is 12.3 Å². The van der Waals surface area contributed by atoms with Gasteiger partial charge in [0.2, 0.25) is 0 Å². The summed E-state index contributed by atoms with van der Waals surface area (Å²) in [6.07, 6.45) is 0.723. The average Bonchev–Trinajstić information content (AvgIpc) is 2.45. The molecule has 21 heavy (non-hydrogen) atoms. The number of benzene rings is 1. The van der Waals surface area contributed by atoms with Crippen molar-refractivity contribution in [1.82, 2.24) is 9.88 Å². The first-order chi connectivity index (χ1) is 10.0. The van der Waals surface area contributed by atoms with Crippen LogP contribution in [-0.4, -0.2) is 27.4 Å². The van der Waals surface area contributed by atoms with E-state index in [0.717, 1.165) is 17.5 Å². The lowest BCUT2D eigenvalue weighted by atomic mass is 9.97. The number of aromatic hydroxyl groups is 1. The van der Waals surface area contributed by atoms with Gasteiger partial charge >= 0.3 is 0 Å². The highest BCUT2D eigenvalue weighted by atomic mass is 16.3. The summed E-state index contributed by atoms with van der Waals surface area (Å²) in [7, 11) is 0. The SMILES string of the molecule is Nc1cccc2c1CN(C(=O)c1cc(O)[nH]c(=O)c1)CC2. The second-order valence-electron chi connectivity index (χ2n) is 5.08. The second-order valence-corrected chi connectivity index (χ2v) is 5.08. The van der Waals surface area contributed by atoms with Crippen LogP contribution in [0.2, 0.25) is 0 Å². The number of hydrogen-bond acceptors (Lipinski definition) is 4. The van der Waals surface area contributed by atoms with Gasteiger partial charge in [-0.15, -0.1) is 0 Å². The fourth-order valence-corrected chi connectivity index (χ4v) is 2.61. The first-order valence-corrected chi connectivity index (χ1v) is 6.63. The molecule has 0 unspecified atom stereocenters. The van der Waals surface area contributed by atoms with Gasteiger partial charge in [-0.05, 0) is 23.6 Å². The number of fused-ring (bicyclic) bond motifs is 1. The molecule has 0 saturated carbocycles. The van der Waals surface area contributed by atoms with Crippen molar-refractivity contribution >= 4 is 11.6 Å². The number of carbonyl (C=O) groups excluding carboxylic acids is 1. The lowest BCUT2D eigenvalue weighted by Gasteiger charge is -2.29. The monoisotopic (exact) mass is 285 g/mol. The van der Waals surface area contributed by atoms with Crippen LogP contribution in [0.4, 0.5) is 5.69 Å². The molecule has 6 heteroatoms. The molecule has 1 aromatic heterocycles. The van der Waals surface area contributed by atoms with Crippen LogP contribution in [0, 0.1) is 0 Å². The number of H-pyrrole nitrogens is 1. The second kappa shape index (κ2) is 4.97. The number of rotatable bonds is 1. The molecule has 0 saturated heterocycles. The third-order valence-corrected chi connectivity index (χ3v) is 3.67. The third-order valence-electron chi connectivity index (χ3n) is 3.67. The number of nitrogen functional groups attached to an aromatic ring is 1. The van der Waals surface area contributed by atoms with Crippen LogP contribution in [0.15, 0.2) is 35.1 Å². The van der Waals surface area contributed by atoms with Crippen molar-refractivity contribution in [3.8, 4) is 5.88 Å². The highest BCUT2D eigenvalue weighted by Gasteiger charge is 2.23. The molecule has 1 aliphatic rings. The Balaban J connectivity index is 1.90. The van der Waals surface area contributed by atoms with Crippen LogP contribution in [0.5, 0.6) is 5.88 Å². The Morgan fingerprint density at radius 3 is 2.90 bits per heavy atom. The lowest BCUT2D eigenvalue weighted by Crippen LogP contribution is -2.36. The number of anilines is 1. The van der Waals surface area contributed by atoms with Crippen LogP contribution in [0.3, 0.4) is 0 Å². The summed E-state index contributed by atoms with van der Waals surface area (Å²) in [5, 5.41) is 9.40. The Labute approximate surface area is 120 Å². The molecule has 1 amide bonds. The molecule has 3 rings (SSSR count). The molecular formula is C15H15N3O3. The summed E-state index contributed by atoms with van der Waals surface area (Å²) < 4.78 is 0. The van der Waals surface area contributed by atoms with Crippen LogP contribution >= 0.6 is 0 Å². The minimum absolute atomic E-state index is 0.175. The minimum atomic E-state index is -0.504. The predicted octanol–water partition coefficient (Wildman–Crippen LogP) is 0.861. The number of pyridine rings is 1. The summed E-state index contributed by atoms with van der Waals surface area (Å²) in [6.45, 7) is 0.969. The van der Waals surface area contributed by atoms with Crippen LogP contribution in [0.25, 0.3) is 0 Å². The maximum Gasteiger partial charge on any atom is 0.254 e. The number of nitrogens with one attached hydrogen (secondary N) is 1. The van der Waals surface area contributed by atoms with Gasteiger partial charge in [0.05, 0.1) is 5.56 Å². The summed E-state index contributed by atoms with van der Waals surface area (Å²) in [5.41, 5.74) is 8.39. The Bertz CT molecular complexity index is 767. The first kappa shape index (κ1) is 13.2. The summed E-state index contributed by atoms with van der Waals surface area (Å²) in [4.78, 5) is 27.6. The Hall–Kier alpha value is -2.76. The lowest BCUT2D eigenvalue weighted by molar-refractivity contribution is 0.0734. The van der Waals surface area contributed by atoms with Crippen molar-refractivity contribution in [2.24, 2.45) is 0 Å². The minimum Gasteiger partial charge on any atom is -0.494 e. The zero-order valence-electron chi connectivity index (χ0n) is 11.3. The Morgan fingerprint density at radius 1 is 1.33 bits per heavy atom. The molecule has 6 nitrogen and oxygen atoms in total. The number of carbonyl (C=O) groups is 1. The highest BCUT2D eigenvalue weighted by molar-refractivity contribution is 5.94. The van der Waals surface area contributed by atoms with E-state index < -0.39 is 5.56 Å². The number of amides is 1. The molecule has 0 fully saturated rings. The first-order valence-electron chi connectivity index (χ1n) is 6.63. The molecule has 4 N–H and O–H groups in total. The summed E-state index contributed by atoms with van der Waals surface area (Å²) in [6, 6.07) is 8.17. The smallest absolute Gasteiger partial charge is 0.254 e. The van der Waals surface area contributed by atoms with Gasteiger partial charge in [-0.3, -0.25) is 14.6 Å². The highest BCUT2D eigenvalue weighted by Crippen LogP contribution is 2.25. The topological polar surface area (TPSA) is 99.4 Å². The number of aromatic amines is 1. The van der Waals surface area contributed by atoms with Gasteiger partial charge in [0.25, 0.3) is 11.5 Å². The fourth-order valence-electron chi connectivity index (χ4n) is 2.61. The largest absolute Gasteiger partial charge is 0.494 e. The fraction of sp³-hybridized carbons (Fsp3) is 0.200. The maximum absolute atomic E-state index is 12.4. The van der Waals surface area contributed by atoms with Gasteiger partial charge in [-0.2, -0.15) is 0 Å². The number of aromatic nitrogens is 1. The van der Waals surface area contributed by atoms with E-state index in [4.69, 9.17) is 5.73 Å². The van der Waals surface area contributed by atoms with E-state index in [-0.39, 0.29) is 17.4 Å². The molecule has 2 aromatic rings. The van der Waals surface area contributed by atoms with Gasteiger partial charge in [-0.25, -0.2) is 0 Å². The average molecular weight is 285 g/mol. The molecule has 0 aliphatic carbocycles. The van der Waals surface area contributed by atoms with E-state index in [9.17, 15) is 14.7 Å². The molecule has 2 heterocycles. The van der Waals surface area contributed by atoms with Gasteiger partial charge in [-0.1, -0.05) is 12.1 Å². The standard InChI is InChI=1S/C15H15N3O3/c16-12-3-1-2-9-4-5-18(8-11(9)12)15(21)10-6-13(19)17-14(20)7-10/h1-3,6-7H,4-5,8,16H2,(H2,17,19,20). The molecule has 1 aromatic carbocycles. The van der Waals surface area contributed by atoms with Gasteiger partial charge in [0, 0.05) is 30.9 Å². The number of nitrogens with two attached hydrogens (primary N) is 1. The van der Waals surface area contributed by atoms with Gasteiger partial charge in [0.15, 0.2) is 5.88 Å². The van der Waals surface area contributed by atoms with E-state index in [2.05, 4.69) is 4.98 Å². The van der Waals surface area contributed by atoms with Crippen molar-refractivity contribution in [1.29, 1.82) is 0 Å². The number of hydrogen-bond donors (Lipinski definition) is 3. The molecule has 0 spiro atoms. The quantitative estimate of drug-likeness (QED) is 0.677. The normalized spacial score (nSPS) is 13.8. The third kappa shape index (κ3) is 2.47. The van der Waals surface area contributed by atoms with Crippen molar-refractivity contribution in [3.63, 3.8) is 0 Å². The van der Waals surface area contributed by atoms with Crippen LogP contribution in [-0.2, 0) is 13.0 Å². The molecule has 0 atom stereocenters. The van der Waals surface area contributed by atoms with Crippen molar-refractivity contribution < 1.29 is 9.90 Å². The van der Waals surface area contributed by atoms with E-state index in [1.807, 2.05) is 18.2 Å². The van der Waals surface area contributed by atoms with Crippen LogP contribution < -0.4 is 11.3 Å². The molecule has 1 aliphatic heterocycles. The van der Waals surface area contributed by atoms with E-state index in [1.165, 1.54) is 12.1 Å². The molecule has 0 radical (unpaired) electrons. The summed E-state index contributed by atoms with van der Waals surface area (Å²) >= 11 is 0. The number of nitrogens with zero attached hydrogens (tertiary/aromatic N) is 1. The summed E-state index contributed by atoms with van der Waals surface area (Å²) in [5.74, 6) is -0.604.